The smallest absolute Gasteiger partial charge is 0.233 e. The molecule has 2 aliphatic rings. The van der Waals surface area contributed by atoms with Crippen molar-refractivity contribution in [2.45, 2.75) is 39.5 Å². The Morgan fingerprint density at radius 2 is 2.00 bits per heavy atom. The van der Waals surface area contributed by atoms with Crippen LogP contribution in [0.4, 0.5) is 5.69 Å². The third-order valence-corrected chi connectivity index (χ3v) is 8.99. The summed E-state index contributed by atoms with van der Waals surface area (Å²) in [6.45, 7) is 4.07. The summed E-state index contributed by atoms with van der Waals surface area (Å²) in [4.78, 5) is 21.3. The summed E-state index contributed by atoms with van der Waals surface area (Å²) in [6, 6.07) is 10.8. The van der Waals surface area contributed by atoms with E-state index < -0.39 is 15.4 Å². The molecule has 0 saturated heterocycles. The number of rotatable bonds is 7. The molecule has 0 amide bonds. The Labute approximate surface area is 192 Å². The van der Waals surface area contributed by atoms with Crippen molar-refractivity contribution in [3.8, 4) is 11.4 Å². The number of Topliss-reactive ketones (excluding diaryl/α,β-unsaturated/α-hetero) is 1. The molecule has 2 bridgehead atoms. The number of nitrogens with zero attached hydrogens (tertiary/aromatic N) is 3. The van der Waals surface area contributed by atoms with E-state index in [1.165, 1.54) is 0 Å². The van der Waals surface area contributed by atoms with Crippen molar-refractivity contribution < 1.29 is 17.7 Å². The third kappa shape index (κ3) is 3.74. The molecule has 2 heterocycles. The highest BCUT2D eigenvalue weighted by molar-refractivity contribution is 7.92. The summed E-state index contributed by atoms with van der Waals surface area (Å²) in [5, 5.41) is 4.00. The number of carbonyl (C=O) groups is 1. The zero-order valence-electron chi connectivity index (χ0n) is 18.6. The van der Waals surface area contributed by atoms with Gasteiger partial charge in [0.05, 0.1) is 23.3 Å². The second-order valence-corrected chi connectivity index (χ2v) is 11.3. The zero-order chi connectivity index (χ0) is 23.3. The summed E-state index contributed by atoms with van der Waals surface area (Å²) in [7, 11) is -3.76. The molecule has 1 aromatic carbocycles. The number of aromatic nitrogens is 3. The van der Waals surface area contributed by atoms with Crippen LogP contribution in [0.15, 0.2) is 53.3 Å². The minimum absolute atomic E-state index is 0.0798. The Kier molecular flexibility index (Phi) is 5.12. The van der Waals surface area contributed by atoms with E-state index in [9.17, 15) is 13.2 Å². The first-order valence-corrected chi connectivity index (χ1v) is 12.7. The first-order valence-electron chi connectivity index (χ1n) is 11.0. The molecule has 0 aliphatic heterocycles. The molecule has 5 rings (SSSR count). The minimum atomic E-state index is -3.76. The van der Waals surface area contributed by atoms with Crippen LogP contribution in [0.2, 0.25) is 0 Å². The Morgan fingerprint density at radius 1 is 1.18 bits per heavy atom. The second kappa shape index (κ2) is 7.76. The van der Waals surface area contributed by atoms with E-state index in [1.54, 1.807) is 30.6 Å². The van der Waals surface area contributed by atoms with Crippen molar-refractivity contribution in [1.82, 2.24) is 15.1 Å². The van der Waals surface area contributed by atoms with Gasteiger partial charge in [-0.1, -0.05) is 37.2 Å². The van der Waals surface area contributed by atoms with E-state index in [-0.39, 0.29) is 29.3 Å². The van der Waals surface area contributed by atoms with Gasteiger partial charge in [-0.3, -0.25) is 14.5 Å². The number of sulfonamides is 1. The average molecular weight is 467 g/mol. The van der Waals surface area contributed by atoms with Crippen LogP contribution in [0.3, 0.4) is 0 Å². The number of hydrogen-bond donors (Lipinski definition) is 1. The van der Waals surface area contributed by atoms with Gasteiger partial charge in [0.15, 0.2) is 0 Å². The first kappa shape index (κ1) is 21.8. The van der Waals surface area contributed by atoms with E-state index in [0.717, 1.165) is 12.0 Å². The topological polar surface area (TPSA) is 115 Å². The minimum Gasteiger partial charge on any atom is -0.339 e. The van der Waals surface area contributed by atoms with Crippen LogP contribution < -0.4 is 4.72 Å². The first-order chi connectivity index (χ1) is 15.7. The maximum atomic E-state index is 13.2. The molecule has 0 spiro atoms. The highest BCUT2D eigenvalue weighted by Gasteiger charge is 2.65. The van der Waals surface area contributed by atoms with E-state index in [0.29, 0.717) is 35.8 Å². The van der Waals surface area contributed by atoms with Gasteiger partial charge in [0.25, 0.3) is 0 Å². The van der Waals surface area contributed by atoms with Gasteiger partial charge in [-0.05, 0) is 47.9 Å². The van der Waals surface area contributed by atoms with Crippen molar-refractivity contribution in [1.29, 1.82) is 0 Å². The average Bonchev–Trinajstić information content (AvgIpc) is 3.38. The lowest BCUT2D eigenvalue weighted by atomic mass is 9.70. The molecule has 2 aliphatic carbocycles. The fourth-order valence-electron chi connectivity index (χ4n) is 5.51. The Hall–Kier alpha value is -3.07. The molecule has 172 valence electrons. The maximum Gasteiger partial charge on any atom is 0.233 e. The Balaban J connectivity index is 1.36. The largest absolute Gasteiger partial charge is 0.339 e. The van der Waals surface area contributed by atoms with Crippen molar-refractivity contribution >= 4 is 21.5 Å². The van der Waals surface area contributed by atoms with Crippen molar-refractivity contribution in [3.63, 3.8) is 0 Å². The molecule has 8 nitrogen and oxygen atoms in total. The number of benzene rings is 1. The normalized spacial score (nSPS) is 23.7. The molecule has 0 radical (unpaired) electrons. The number of ketones is 1. The molecule has 1 N–H and O–H groups in total. The highest BCUT2D eigenvalue weighted by Crippen LogP contribution is 2.64. The third-order valence-electron chi connectivity index (χ3n) is 7.59. The van der Waals surface area contributed by atoms with Gasteiger partial charge < -0.3 is 4.52 Å². The summed E-state index contributed by atoms with van der Waals surface area (Å²) >= 11 is 0. The molecular formula is C24H26N4O4S. The fraction of sp³-hybridized carbons (Fsp3) is 0.417. The molecule has 2 aromatic heterocycles. The van der Waals surface area contributed by atoms with E-state index >= 15 is 0 Å². The van der Waals surface area contributed by atoms with E-state index in [4.69, 9.17) is 4.52 Å². The van der Waals surface area contributed by atoms with Crippen LogP contribution in [-0.2, 0) is 21.2 Å². The van der Waals surface area contributed by atoms with Gasteiger partial charge in [0.2, 0.25) is 21.7 Å². The molecule has 2 atom stereocenters. The van der Waals surface area contributed by atoms with Crippen LogP contribution in [0, 0.1) is 16.7 Å². The summed E-state index contributed by atoms with van der Waals surface area (Å²) < 4.78 is 34.6. The number of fused-ring (bicyclic) bond motifs is 2. The Bertz CT molecular complexity index is 1300. The summed E-state index contributed by atoms with van der Waals surface area (Å²) in [5.41, 5.74) is 0.766. The maximum absolute atomic E-state index is 13.2. The SMILES string of the molecule is CC1(C)C2CCC1(CS(=O)(=O)Nc1ccccc1Cc1nc(-c3cccnc3)no1)C(=O)C2. The quantitative estimate of drug-likeness (QED) is 0.562. The second-order valence-electron chi connectivity index (χ2n) is 9.62. The van der Waals surface area contributed by atoms with Crippen molar-refractivity contribution in [3.05, 3.63) is 60.2 Å². The van der Waals surface area contributed by atoms with E-state index in [1.807, 2.05) is 32.0 Å². The molecule has 2 saturated carbocycles. The van der Waals surface area contributed by atoms with E-state index in [2.05, 4.69) is 19.8 Å². The number of hydrogen-bond acceptors (Lipinski definition) is 7. The van der Waals surface area contributed by atoms with Crippen LogP contribution in [0.25, 0.3) is 11.4 Å². The van der Waals surface area contributed by atoms with Gasteiger partial charge in [0.1, 0.15) is 5.78 Å². The summed E-state index contributed by atoms with van der Waals surface area (Å²) in [6.07, 6.45) is 5.60. The van der Waals surface area contributed by atoms with Crippen LogP contribution in [-0.4, -0.2) is 35.1 Å². The highest BCUT2D eigenvalue weighted by atomic mass is 32.2. The number of pyridine rings is 1. The monoisotopic (exact) mass is 466 g/mol. The molecule has 3 aromatic rings. The number of anilines is 1. The summed E-state index contributed by atoms with van der Waals surface area (Å²) in [5.74, 6) is 0.940. The predicted octanol–water partition coefficient (Wildman–Crippen LogP) is 3.86. The van der Waals surface area contributed by atoms with Crippen molar-refractivity contribution in [2.24, 2.45) is 16.7 Å². The van der Waals surface area contributed by atoms with Gasteiger partial charge in [0, 0.05) is 24.4 Å². The molecule has 2 unspecified atom stereocenters. The van der Waals surface area contributed by atoms with Crippen LogP contribution in [0.5, 0.6) is 0 Å². The standard InChI is InChI=1S/C24H26N4O4S/c1-23(2)18-9-10-24(23,20(29)13-18)15-33(30,31)28-19-8-4-3-6-16(19)12-21-26-22(27-32-21)17-7-5-11-25-14-17/h3-8,11,14,18,28H,9-10,12-13,15H2,1-2H3. The Morgan fingerprint density at radius 3 is 2.70 bits per heavy atom. The number of nitrogens with one attached hydrogen (secondary N) is 1. The lowest BCUT2D eigenvalue weighted by Gasteiger charge is -2.36. The fourth-order valence-corrected chi connectivity index (χ4v) is 7.44. The van der Waals surface area contributed by atoms with Gasteiger partial charge >= 0.3 is 0 Å². The molecule has 33 heavy (non-hydrogen) atoms. The molecule has 9 heteroatoms. The van der Waals surface area contributed by atoms with Crippen LogP contribution >= 0.6 is 0 Å². The van der Waals surface area contributed by atoms with Gasteiger partial charge in [-0.2, -0.15) is 4.98 Å². The van der Waals surface area contributed by atoms with Gasteiger partial charge in [-0.25, -0.2) is 8.42 Å². The zero-order valence-corrected chi connectivity index (χ0v) is 19.4. The number of para-hydroxylation sites is 1. The predicted molar refractivity (Wildman–Crippen MR) is 123 cm³/mol. The molecule has 2 fully saturated rings. The lowest BCUT2D eigenvalue weighted by molar-refractivity contribution is -0.128. The van der Waals surface area contributed by atoms with Gasteiger partial charge in [-0.15, -0.1) is 0 Å². The van der Waals surface area contributed by atoms with Crippen LogP contribution in [0.1, 0.15) is 44.6 Å². The van der Waals surface area contributed by atoms with Crippen molar-refractivity contribution in [2.75, 3.05) is 10.5 Å². The molecular weight excluding hydrogens is 440 g/mol. The number of carbonyl (C=O) groups excluding carboxylic acids is 1. The lowest BCUT2D eigenvalue weighted by Crippen LogP contribution is -2.43.